The van der Waals surface area contributed by atoms with E-state index in [-0.39, 0.29) is 22.5 Å². The summed E-state index contributed by atoms with van der Waals surface area (Å²) in [5.74, 6) is 0.455. The van der Waals surface area contributed by atoms with Crippen LogP contribution < -0.4 is 10.1 Å². The van der Waals surface area contributed by atoms with Gasteiger partial charge in [0.15, 0.2) is 0 Å². The van der Waals surface area contributed by atoms with Gasteiger partial charge in [-0.3, -0.25) is 15.1 Å². The molecule has 1 N–H and O–H groups in total. The fourth-order valence-corrected chi connectivity index (χ4v) is 3.45. The second kappa shape index (κ2) is 8.36. The van der Waals surface area contributed by atoms with Crippen molar-refractivity contribution in [2.45, 2.75) is 25.5 Å². The molecule has 29 heavy (non-hydrogen) atoms. The summed E-state index contributed by atoms with van der Waals surface area (Å²) < 4.78 is 19.1. The molecule has 0 saturated carbocycles. The first-order valence-electron chi connectivity index (χ1n) is 9.43. The Morgan fingerprint density at radius 1 is 1.14 bits per heavy atom. The topological polar surface area (TPSA) is 77.3 Å². The molecular weight excluding hydrogens is 373 g/mol. The number of nitrogens with zero attached hydrogens (tertiary/aromatic N) is 2. The molecule has 1 aliphatic heterocycles. The van der Waals surface area contributed by atoms with Gasteiger partial charge >= 0.3 is 0 Å². The lowest BCUT2D eigenvalue weighted by atomic mass is 10.0. The Balaban J connectivity index is 1.33. The predicted molar refractivity (Wildman–Crippen MR) is 107 cm³/mol. The molecule has 148 valence electrons. The minimum atomic E-state index is -0.387. The molecule has 0 saturated heterocycles. The fourth-order valence-electron chi connectivity index (χ4n) is 3.45. The first-order valence-corrected chi connectivity index (χ1v) is 9.43. The molecule has 0 amide bonds. The van der Waals surface area contributed by atoms with Crippen molar-refractivity contribution in [1.29, 1.82) is 0 Å². The summed E-state index contributed by atoms with van der Waals surface area (Å²) in [5, 5.41) is 14.3. The lowest BCUT2D eigenvalue weighted by molar-refractivity contribution is -0.385. The summed E-state index contributed by atoms with van der Waals surface area (Å²) in [6.45, 7) is 1.30. The molecule has 1 aliphatic rings. The molecule has 2 heterocycles. The van der Waals surface area contributed by atoms with Gasteiger partial charge < -0.3 is 10.1 Å². The maximum atomic E-state index is 13.1. The van der Waals surface area contributed by atoms with Crippen LogP contribution in [0.5, 0.6) is 5.75 Å². The average Bonchev–Trinajstić information content (AvgIpc) is 2.74. The summed E-state index contributed by atoms with van der Waals surface area (Å²) >= 11 is 0. The smallest absolute Gasteiger partial charge is 0.269 e. The van der Waals surface area contributed by atoms with Crippen LogP contribution >= 0.6 is 0 Å². The number of ether oxygens (including phenoxy) is 1. The van der Waals surface area contributed by atoms with Crippen LogP contribution in [-0.2, 0) is 13.0 Å². The Bertz CT molecular complexity index is 1020. The summed E-state index contributed by atoms with van der Waals surface area (Å²) in [7, 11) is 0. The molecule has 1 atom stereocenters. The minimum absolute atomic E-state index is 0.0113. The van der Waals surface area contributed by atoms with Crippen LogP contribution in [0.1, 0.15) is 17.5 Å². The quantitative estimate of drug-likeness (QED) is 0.500. The van der Waals surface area contributed by atoms with Gasteiger partial charge in [0.25, 0.3) is 5.69 Å². The zero-order chi connectivity index (χ0) is 20.2. The predicted octanol–water partition coefficient (Wildman–Crippen LogP) is 4.28. The van der Waals surface area contributed by atoms with Crippen LogP contribution in [0.25, 0.3) is 11.1 Å². The molecule has 7 heteroatoms. The Morgan fingerprint density at radius 3 is 2.76 bits per heavy atom. The van der Waals surface area contributed by atoms with Crippen LogP contribution in [0, 0.1) is 15.9 Å². The van der Waals surface area contributed by atoms with Crippen LogP contribution in [0.3, 0.4) is 0 Å². The first-order chi connectivity index (χ1) is 14.1. The van der Waals surface area contributed by atoms with E-state index in [9.17, 15) is 14.5 Å². The number of pyridine rings is 1. The number of nitrogens with one attached hydrogen (secondary N) is 1. The van der Waals surface area contributed by atoms with E-state index < -0.39 is 0 Å². The molecular formula is C22H20FN3O3. The van der Waals surface area contributed by atoms with Gasteiger partial charge in [-0.2, -0.15) is 0 Å². The van der Waals surface area contributed by atoms with Gasteiger partial charge in [-0.15, -0.1) is 0 Å². The van der Waals surface area contributed by atoms with Gasteiger partial charge in [0.1, 0.15) is 17.7 Å². The van der Waals surface area contributed by atoms with Gasteiger partial charge in [-0.25, -0.2) is 4.39 Å². The summed E-state index contributed by atoms with van der Waals surface area (Å²) in [6, 6.07) is 13.1. The van der Waals surface area contributed by atoms with Gasteiger partial charge in [-0.1, -0.05) is 12.1 Å². The van der Waals surface area contributed by atoms with E-state index in [2.05, 4.69) is 10.3 Å². The van der Waals surface area contributed by atoms with Crippen molar-refractivity contribution >= 4 is 5.69 Å². The second-order valence-electron chi connectivity index (χ2n) is 7.05. The van der Waals surface area contributed by atoms with Crippen molar-refractivity contribution in [3.8, 4) is 16.9 Å². The molecule has 6 nitrogen and oxygen atoms in total. The van der Waals surface area contributed by atoms with Crippen molar-refractivity contribution in [3.05, 3.63) is 88.0 Å². The van der Waals surface area contributed by atoms with E-state index in [1.807, 2.05) is 6.07 Å². The van der Waals surface area contributed by atoms with E-state index in [1.54, 1.807) is 36.7 Å². The highest BCUT2D eigenvalue weighted by molar-refractivity contribution is 5.62. The number of non-ortho nitro benzene ring substituents is 1. The largest absolute Gasteiger partial charge is 0.489 e. The van der Waals surface area contributed by atoms with E-state index in [4.69, 9.17) is 4.74 Å². The Kier molecular flexibility index (Phi) is 5.48. The maximum Gasteiger partial charge on any atom is 0.269 e. The van der Waals surface area contributed by atoms with Crippen molar-refractivity contribution in [2.75, 3.05) is 6.54 Å². The summed E-state index contributed by atoms with van der Waals surface area (Å²) in [6.07, 6.45) is 5.13. The van der Waals surface area contributed by atoms with Crippen molar-refractivity contribution in [2.24, 2.45) is 0 Å². The van der Waals surface area contributed by atoms with Gasteiger partial charge in [0.2, 0.25) is 0 Å². The number of nitro groups is 1. The number of hydrogen-bond acceptors (Lipinski definition) is 5. The second-order valence-corrected chi connectivity index (χ2v) is 7.05. The van der Waals surface area contributed by atoms with Crippen LogP contribution in [-0.4, -0.2) is 22.6 Å². The third-order valence-electron chi connectivity index (χ3n) is 4.96. The molecule has 0 bridgehead atoms. The number of aryl methyl sites for hydroxylation is 1. The summed E-state index contributed by atoms with van der Waals surface area (Å²) in [4.78, 5) is 14.8. The highest BCUT2D eigenvalue weighted by atomic mass is 19.1. The number of halogens is 1. The van der Waals surface area contributed by atoms with E-state index in [0.29, 0.717) is 18.8 Å². The molecule has 0 spiro atoms. The number of hydrogen-bond donors (Lipinski definition) is 1. The average molecular weight is 393 g/mol. The molecule has 1 aromatic heterocycles. The van der Waals surface area contributed by atoms with Crippen LogP contribution in [0.2, 0.25) is 0 Å². The van der Waals surface area contributed by atoms with Crippen molar-refractivity contribution in [3.63, 3.8) is 0 Å². The minimum Gasteiger partial charge on any atom is -0.489 e. The van der Waals surface area contributed by atoms with Gasteiger partial charge in [-0.05, 0) is 48.2 Å². The number of benzene rings is 2. The maximum absolute atomic E-state index is 13.1. The van der Waals surface area contributed by atoms with E-state index >= 15 is 0 Å². The zero-order valence-corrected chi connectivity index (χ0v) is 15.7. The van der Waals surface area contributed by atoms with E-state index in [1.165, 1.54) is 18.2 Å². The monoisotopic (exact) mass is 393 g/mol. The third-order valence-corrected chi connectivity index (χ3v) is 4.96. The number of aromatic nitrogens is 1. The molecule has 0 radical (unpaired) electrons. The number of rotatable bonds is 6. The lowest BCUT2D eigenvalue weighted by Crippen LogP contribution is -2.34. The van der Waals surface area contributed by atoms with Crippen LogP contribution in [0.15, 0.2) is 60.9 Å². The first kappa shape index (κ1) is 19.0. The fraction of sp³-hybridized carbons (Fsp3) is 0.227. The molecule has 3 aromatic rings. The molecule has 0 aliphatic carbocycles. The highest BCUT2D eigenvalue weighted by Gasteiger charge is 2.21. The standard InChI is InChI=1S/C22H20FN3O3/c23-19-4-1-16(2-5-19)18-9-15(11-24-13-18)12-25-14-21-7-3-17-10-20(26(27)28)6-8-22(17)29-21/h1-2,4-6,8-11,13,21,25H,3,7,12,14H2. The Morgan fingerprint density at radius 2 is 1.97 bits per heavy atom. The molecule has 1 unspecified atom stereocenters. The lowest BCUT2D eigenvalue weighted by Gasteiger charge is -2.26. The Hall–Kier alpha value is -3.32. The third kappa shape index (κ3) is 4.57. The number of nitro benzene ring substituents is 1. The van der Waals surface area contributed by atoms with E-state index in [0.717, 1.165) is 35.1 Å². The zero-order valence-electron chi connectivity index (χ0n) is 15.7. The highest BCUT2D eigenvalue weighted by Crippen LogP contribution is 2.30. The molecule has 2 aromatic carbocycles. The van der Waals surface area contributed by atoms with Gasteiger partial charge in [0.05, 0.1) is 4.92 Å². The number of fused-ring (bicyclic) bond motifs is 1. The van der Waals surface area contributed by atoms with Crippen molar-refractivity contribution in [1.82, 2.24) is 10.3 Å². The molecule has 4 rings (SSSR count). The SMILES string of the molecule is O=[N+]([O-])c1ccc2c(c1)CCC(CNCc1cncc(-c3ccc(F)cc3)c1)O2. The Labute approximate surface area is 167 Å². The van der Waals surface area contributed by atoms with Gasteiger partial charge in [0, 0.05) is 48.7 Å². The van der Waals surface area contributed by atoms with Crippen LogP contribution in [0.4, 0.5) is 10.1 Å². The normalized spacial score (nSPS) is 15.4. The van der Waals surface area contributed by atoms with Crippen molar-refractivity contribution < 1.29 is 14.1 Å². The summed E-state index contributed by atoms with van der Waals surface area (Å²) in [5.41, 5.74) is 3.86. The molecule has 0 fully saturated rings.